The standard InChI is InChI=1S/C58H41N/c1-3-12-42(13-4-1)44-24-26-45(27-25-44)46-28-34-54(35-29-46)59(55-36-30-47(31-37-55)51-19-9-18-50(40-51)43-14-5-2-6-15-43)56-38-32-48(33-39-56)52-20-10-21-53(41-52)58-23-11-17-49-16-7-8-22-57(49)58/h1-41H/i28D,29D,30D,31D,34D,35D,36D,37D. The zero-order valence-electron chi connectivity index (χ0n) is 40.0. The van der Waals surface area contributed by atoms with Crippen LogP contribution in [0.1, 0.15) is 11.0 Å². The van der Waals surface area contributed by atoms with Crippen molar-refractivity contribution in [2.24, 2.45) is 0 Å². The molecule has 0 aromatic heterocycles. The topological polar surface area (TPSA) is 3.24 Å². The molecule has 278 valence electrons. The monoisotopic (exact) mass is 759 g/mol. The largest absolute Gasteiger partial charge is 0.311 e. The van der Waals surface area contributed by atoms with Crippen molar-refractivity contribution >= 4 is 27.8 Å². The molecule has 0 unspecified atom stereocenters. The van der Waals surface area contributed by atoms with Crippen LogP contribution in [0.2, 0.25) is 0 Å². The lowest BCUT2D eigenvalue weighted by atomic mass is 9.95. The Balaban J connectivity index is 1.12. The fourth-order valence-corrected chi connectivity index (χ4v) is 7.59. The molecule has 0 amide bonds. The minimum Gasteiger partial charge on any atom is -0.311 e. The van der Waals surface area contributed by atoms with Gasteiger partial charge >= 0.3 is 0 Å². The van der Waals surface area contributed by atoms with Crippen LogP contribution in [0.15, 0.2) is 249 Å². The van der Waals surface area contributed by atoms with E-state index in [-0.39, 0.29) is 46.7 Å². The van der Waals surface area contributed by atoms with Gasteiger partial charge in [-0.1, -0.05) is 200 Å². The number of hydrogen-bond donors (Lipinski definition) is 0. The molecule has 0 bridgehead atoms. The van der Waals surface area contributed by atoms with E-state index >= 15 is 0 Å². The van der Waals surface area contributed by atoms with Crippen LogP contribution < -0.4 is 4.90 Å². The molecule has 0 saturated heterocycles. The number of nitrogens with zero attached hydrogens (tertiary/aromatic N) is 1. The smallest absolute Gasteiger partial charge is 0.0645 e. The molecule has 10 aromatic rings. The molecule has 0 heterocycles. The molecular formula is C58H41N. The van der Waals surface area contributed by atoms with E-state index in [1.165, 1.54) is 4.90 Å². The number of anilines is 3. The van der Waals surface area contributed by atoms with Crippen molar-refractivity contribution in [1.29, 1.82) is 0 Å². The first-order chi connectivity index (χ1) is 32.6. The third kappa shape index (κ3) is 7.46. The van der Waals surface area contributed by atoms with Gasteiger partial charge < -0.3 is 4.90 Å². The third-order valence-electron chi connectivity index (χ3n) is 10.6. The van der Waals surface area contributed by atoms with Gasteiger partial charge in [-0.05, 0) is 126 Å². The Kier molecular flexibility index (Phi) is 7.54. The Hall–Kier alpha value is -7.74. The Labute approximate surface area is 358 Å². The zero-order chi connectivity index (χ0) is 46.3. The third-order valence-corrected chi connectivity index (χ3v) is 10.6. The maximum absolute atomic E-state index is 9.58. The Morgan fingerprint density at radius 3 is 1.24 bits per heavy atom. The fraction of sp³-hybridized carbons (Fsp3) is 0. The molecule has 0 spiro atoms. The summed E-state index contributed by atoms with van der Waals surface area (Å²) in [5, 5.41) is 2.28. The summed E-state index contributed by atoms with van der Waals surface area (Å²) in [5.74, 6) is 0. The van der Waals surface area contributed by atoms with Crippen LogP contribution >= 0.6 is 0 Å². The summed E-state index contributed by atoms with van der Waals surface area (Å²) >= 11 is 0. The van der Waals surface area contributed by atoms with E-state index < -0.39 is 24.2 Å². The van der Waals surface area contributed by atoms with Crippen molar-refractivity contribution in [3.63, 3.8) is 0 Å². The Morgan fingerprint density at radius 2 is 0.627 bits per heavy atom. The van der Waals surface area contributed by atoms with Crippen molar-refractivity contribution in [3.05, 3.63) is 249 Å². The van der Waals surface area contributed by atoms with Gasteiger partial charge in [0.05, 0.1) is 11.0 Å². The Bertz CT molecular complexity index is 3420. The lowest BCUT2D eigenvalue weighted by molar-refractivity contribution is 1.28. The van der Waals surface area contributed by atoms with Crippen molar-refractivity contribution < 1.29 is 11.0 Å². The van der Waals surface area contributed by atoms with E-state index in [0.717, 1.165) is 55.3 Å². The molecule has 0 aliphatic carbocycles. The molecule has 59 heavy (non-hydrogen) atoms. The minimum atomic E-state index is -0.398. The first kappa shape index (κ1) is 27.8. The predicted octanol–water partition coefficient (Wildman–Crippen LogP) is 16.3. The minimum absolute atomic E-state index is 0.103. The number of benzene rings is 10. The molecule has 0 aliphatic rings. The summed E-state index contributed by atoms with van der Waals surface area (Å²) in [7, 11) is 0. The average molecular weight is 760 g/mol. The van der Waals surface area contributed by atoms with E-state index in [4.69, 9.17) is 0 Å². The zero-order valence-corrected chi connectivity index (χ0v) is 32.0. The van der Waals surface area contributed by atoms with E-state index in [2.05, 4.69) is 36.4 Å². The maximum atomic E-state index is 9.58. The first-order valence-corrected chi connectivity index (χ1v) is 19.6. The van der Waals surface area contributed by atoms with Crippen LogP contribution in [0, 0.1) is 0 Å². The lowest BCUT2D eigenvalue weighted by Gasteiger charge is -2.26. The quantitative estimate of drug-likeness (QED) is 0.142. The van der Waals surface area contributed by atoms with Crippen molar-refractivity contribution in [2.45, 2.75) is 0 Å². The predicted molar refractivity (Wildman–Crippen MR) is 251 cm³/mol. The summed E-state index contributed by atoms with van der Waals surface area (Å²) in [6.07, 6.45) is 0. The molecule has 0 saturated carbocycles. The highest BCUT2D eigenvalue weighted by atomic mass is 15.1. The highest BCUT2D eigenvalue weighted by Gasteiger charge is 2.15. The van der Waals surface area contributed by atoms with E-state index in [9.17, 15) is 11.0 Å². The number of rotatable bonds is 9. The molecule has 0 atom stereocenters. The molecule has 1 nitrogen and oxygen atoms in total. The van der Waals surface area contributed by atoms with Gasteiger partial charge in [0.25, 0.3) is 0 Å². The van der Waals surface area contributed by atoms with Crippen molar-refractivity contribution in [1.82, 2.24) is 0 Å². The van der Waals surface area contributed by atoms with Gasteiger partial charge in [-0.15, -0.1) is 0 Å². The van der Waals surface area contributed by atoms with E-state index in [0.29, 0.717) is 16.8 Å². The van der Waals surface area contributed by atoms with Gasteiger partial charge in [-0.2, -0.15) is 0 Å². The molecular weight excluding hydrogens is 711 g/mol. The van der Waals surface area contributed by atoms with Crippen molar-refractivity contribution in [2.75, 3.05) is 4.90 Å². The fourth-order valence-electron chi connectivity index (χ4n) is 7.59. The summed E-state index contributed by atoms with van der Waals surface area (Å²) in [6, 6.07) is 61.4. The Morgan fingerprint density at radius 1 is 0.254 bits per heavy atom. The van der Waals surface area contributed by atoms with Crippen LogP contribution in [0.5, 0.6) is 0 Å². The normalized spacial score (nSPS) is 12.9. The number of hydrogen-bond acceptors (Lipinski definition) is 1. The summed E-state index contributed by atoms with van der Waals surface area (Å²) in [4.78, 5) is 1.35. The van der Waals surface area contributed by atoms with Gasteiger partial charge in [-0.3, -0.25) is 0 Å². The van der Waals surface area contributed by atoms with Gasteiger partial charge in [0.1, 0.15) is 0 Å². The highest BCUT2D eigenvalue weighted by Crippen LogP contribution is 2.39. The average Bonchev–Trinajstić information content (AvgIpc) is 3.38. The SMILES string of the molecule is [2H]c1c([2H])c(N(c2ccc(-c3cccc(-c4cccc5ccccc45)c3)cc2)c2c([2H])c([2H])c(-c3cccc(-c4ccccc4)c3)c([2H])c2[2H])c([2H])c([2H])c1-c1ccc(-c2ccccc2)cc1. The van der Waals surface area contributed by atoms with Crippen molar-refractivity contribution in [3.8, 4) is 66.8 Å². The van der Waals surface area contributed by atoms with Gasteiger partial charge in [-0.25, -0.2) is 0 Å². The molecule has 10 aromatic carbocycles. The number of fused-ring (bicyclic) bond motifs is 1. The highest BCUT2D eigenvalue weighted by molar-refractivity contribution is 5.97. The van der Waals surface area contributed by atoms with Crippen LogP contribution in [-0.4, -0.2) is 0 Å². The second-order valence-corrected chi connectivity index (χ2v) is 14.3. The summed E-state index contributed by atoms with van der Waals surface area (Å²) < 4.78 is 75.9. The first-order valence-electron chi connectivity index (χ1n) is 23.6. The van der Waals surface area contributed by atoms with Crippen LogP contribution in [0.3, 0.4) is 0 Å². The molecule has 0 radical (unpaired) electrons. The van der Waals surface area contributed by atoms with Crippen LogP contribution in [-0.2, 0) is 0 Å². The van der Waals surface area contributed by atoms with Gasteiger partial charge in [0.15, 0.2) is 0 Å². The molecule has 0 fully saturated rings. The van der Waals surface area contributed by atoms with Crippen LogP contribution in [0.25, 0.3) is 77.5 Å². The molecule has 0 aliphatic heterocycles. The van der Waals surface area contributed by atoms with Gasteiger partial charge in [0, 0.05) is 17.1 Å². The molecule has 1 heteroatoms. The molecule has 0 N–H and O–H groups in total. The van der Waals surface area contributed by atoms with Gasteiger partial charge in [0.2, 0.25) is 0 Å². The van der Waals surface area contributed by atoms with E-state index in [1.54, 1.807) is 30.3 Å². The lowest BCUT2D eigenvalue weighted by Crippen LogP contribution is -2.09. The van der Waals surface area contributed by atoms with E-state index in [1.807, 2.05) is 133 Å². The van der Waals surface area contributed by atoms with Crippen LogP contribution in [0.4, 0.5) is 17.1 Å². The maximum Gasteiger partial charge on any atom is 0.0645 e. The molecule has 10 rings (SSSR count). The summed E-state index contributed by atoms with van der Waals surface area (Å²) in [5.41, 5.74) is 8.76. The second-order valence-electron chi connectivity index (χ2n) is 14.3. The summed E-state index contributed by atoms with van der Waals surface area (Å²) in [6.45, 7) is 0. The second kappa shape index (κ2) is 16.0.